The number of nitrogens with zero attached hydrogens (tertiary/aromatic N) is 2. The van der Waals surface area contributed by atoms with Gasteiger partial charge in [-0.3, -0.25) is 13.9 Å². The summed E-state index contributed by atoms with van der Waals surface area (Å²) in [6.45, 7) is 9.13. The largest absolute Gasteiger partial charge is 0.350 e. The molecule has 0 aliphatic carbocycles. The summed E-state index contributed by atoms with van der Waals surface area (Å²) < 4.78 is 30.1. The van der Waals surface area contributed by atoms with E-state index < -0.39 is 34.1 Å². The summed E-state index contributed by atoms with van der Waals surface area (Å²) in [6.07, 6.45) is 0.252. The van der Waals surface area contributed by atoms with Gasteiger partial charge in [0.05, 0.1) is 10.6 Å². The molecule has 0 spiro atoms. The molecule has 0 saturated carbocycles. The van der Waals surface area contributed by atoms with Crippen molar-refractivity contribution in [3.63, 3.8) is 0 Å². The molecule has 4 rings (SSSR count). The Morgan fingerprint density at radius 3 is 1.98 bits per heavy atom. The van der Waals surface area contributed by atoms with E-state index in [-0.39, 0.29) is 23.8 Å². The van der Waals surface area contributed by atoms with Crippen molar-refractivity contribution in [2.75, 3.05) is 10.8 Å². The quantitative estimate of drug-likeness (QED) is 0.187. The number of anilines is 1. The van der Waals surface area contributed by atoms with Crippen LogP contribution in [0.25, 0.3) is 0 Å². The number of hydrogen-bond donors (Lipinski definition) is 1. The highest BCUT2D eigenvalue weighted by molar-refractivity contribution is 9.10. The predicted octanol–water partition coefficient (Wildman–Crippen LogP) is 6.82. The number of halogens is 1. The van der Waals surface area contributed by atoms with Crippen LogP contribution in [0, 0.1) is 13.8 Å². The molecule has 1 unspecified atom stereocenters. The van der Waals surface area contributed by atoms with Crippen LogP contribution >= 0.6 is 15.9 Å². The van der Waals surface area contributed by atoms with Crippen molar-refractivity contribution >= 4 is 43.5 Å². The molecular weight excluding hydrogens is 650 g/mol. The molecule has 2 amide bonds. The van der Waals surface area contributed by atoms with Crippen LogP contribution in [0.15, 0.2) is 112 Å². The molecule has 0 radical (unpaired) electrons. The van der Waals surface area contributed by atoms with Crippen molar-refractivity contribution in [2.24, 2.45) is 0 Å². The number of aryl methyl sites for hydroxylation is 2. The Hall–Kier alpha value is -3.95. The maximum absolute atomic E-state index is 14.5. The van der Waals surface area contributed by atoms with Gasteiger partial charge in [-0.2, -0.15) is 0 Å². The summed E-state index contributed by atoms with van der Waals surface area (Å²) in [7, 11) is -4.16. The number of carbonyl (C=O) groups is 2. The lowest BCUT2D eigenvalue weighted by Gasteiger charge is -2.35. The fraction of sp³-hybridized carbons (Fsp3) is 0.278. The van der Waals surface area contributed by atoms with Crippen LogP contribution in [0.2, 0.25) is 0 Å². The molecule has 4 aromatic rings. The van der Waals surface area contributed by atoms with Gasteiger partial charge in [-0.15, -0.1) is 0 Å². The molecule has 45 heavy (non-hydrogen) atoms. The van der Waals surface area contributed by atoms with Crippen molar-refractivity contribution in [1.82, 2.24) is 10.2 Å². The SMILES string of the molecule is Cc1ccc(CN(C(=O)CN(c2cccc(Br)c2)S(=O)(=O)c2ccc(C)cc2)C(Cc2ccccc2)C(=O)NC(C)(C)C)cc1. The summed E-state index contributed by atoms with van der Waals surface area (Å²) in [4.78, 5) is 30.1. The number of benzene rings is 4. The molecule has 1 N–H and O–H groups in total. The number of amides is 2. The topological polar surface area (TPSA) is 86.8 Å². The maximum atomic E-state index is 14.5. The molecule has 4 aromatic carbocycles. The second kappa shape index (κ2) is 14.4. The highest BCUT2D eigenvalue weighted by Gasteiger charge is 2.35. The minimum absolute atomic E-state index is 0.0669. The van der Waals surface area contributed by atoms with Crippen LogP contribution in [-0.2, 0) is 32.6 Å². The standard InChI is InChI=1S/C36H40BrN3O4S/c1-26-14-18-29(19-15-26)24-39(33(35(42)38-36(3,4)5)22-28-10-7-6-8-11-28)34(41)25-40(31-13-9-12-30(37)23-31)45(43,44)32-20-16-27(2)17-21-32/h6-21,23,33H,22,24-25H2,1-5H3,(H,38,42). The van der Waals surface area contributed by atoms with Crippen LogP contribution in [0.4, 0.5) is 5.69 Å². The smallest absolute Gasteiger partial charge is 0.264 e. The van der Waals surface area contributed by atoms with E-state index in [0.29, 0.717) is 10.2 Å². The highest BCUT2D eigenvalue weighted by atomic mass is 79.9. The van der Waals surface area contributed by atoms with Gasteiger partial charge in [0.15, 0.2) is 0 Å². The van der Waals surface area contributed by atoms with Crippen LogP contribution < -0.4 is 9.62 Å². The van der Waals surface area contributed by atoms with Crippen LogP contribution in [0.3, 0.4) is 0 Å². The first-order chi connectivity index (χ1) is 21.2. The summed E-state index contributed by atoms with van der Waals surface area (Å²) in [5.41, 5.74) is 3.45. The highest BCUT2D eigenvalue weighted by Crippen LogP contribution is 2.27. The molecule has 0 aliphatic rings. The monoisotopic (exact) mass is 689 g/mol. The Morgan fingerprint density at radius 2 is 1.40 bits per heavy atom. The van der Waals surface area contributed by atoms with Gasteiger partial charge < -0.3 is 10.2 Å². The lowest BCUT2D eigenvalue weighted by atomic mass is 10.0. The van der Waals surface area contributed by atoms with Gasteiger partial charge in [0, 0.05) is 23.0 Å². The number of sulfonamides is 1. The zero-order chi connectivity index (χ0) is 32.8. The third-order valence-corrected chi connectivity index (χ3v) is 9.51. The van der Waals surface area contributed by atoms with Crippen molar-refractivity contribution in [3.05, 3.63) is 130 Å². The molecular formula is C36H40BrN3O4S. The average Bonchev–Trinajstić information content (AvgIpc) is 2.98. The zero-order valence-electron chi connectivity index (χ0n) is 26.3. The van der Waals surface area contributed by atoms with Crippen LogP contribution in [-0.4, -0.2) is 43.3 Å². The minimum atomic E-state index is -4.16. The minimum Gasteiger partial charge on any atom is -0.350 e. The Morgan fingerprint density at radius 1 is 0.800 bits per heavy atom. The molecule has 236 valence electrons. The summed E-state index contributed by atoms with van der Waals surface area (Å²) >= 11 is 3.45. The number of hydrogen-bond acceptors (Lipinski definition) is 4. The molecule has 0 bridgehead atoms. The summed E-state index contributed by atoms with van der Waals surface area (Å²) in [6, 6.07) is 29.7. The van der Waals surface area contributed by atoms with E-state index in [4.69, 9.17) is 0 Å². The molecule has 1 atom stereocenters. The third kappa shape index (κ3) is 9.28. The van der Waals surface area contributed by atoms with E-state index in [1.54, 1.807) is 48.5 Å². The fourth-order valence-electron chi connectivity index (χ4n) is 4.89. The zero-order valence-corrected chi connectivity index (χ0v) is 28.7. The van der Waals surface area contributed by atoms with Gasteiger partial charge >= 0.3 is 0 Å². The van der Waals surface area contributed by atoms with Gasteiger partial charge in [-0.25, -0.2) is 8.42 Å². The van der Waals surface area contributed by atoms with Gasteiger partial charge in [0.1, 0.15) is 12.6 Å². The van der Waals surface area contributed by atoms with E-state index in [1.165, 1.54) is 4.90 Å². The molecule has 0 aromatic heterocycles. The first-order valence-electron chi connectivity index (χ1n) is 14.8. The van der Waals surface area contributed by atoms with Crippen molar-refractivity contribution in [2.45, 2.75) is 64.1 Å². The van der Waals surface area contributed by atoms with Gasteiger partial charge in [0.2, 0.25) is 11.8 Å². The van der Waals surface area contributed by atoms with Crippen LogP contribution in [0.5, 0.6) is 0 Å². The molecule has 7 nitrogen and oxygen atoms in total. The van der Waals surface area contributed by atoms with E-state index in [1.807, 2.05) is 89.2 Å². The molecule has 0 fully saturated rings. The lowest BCUT2D eigenvalue weighted by molar-refractivity contribution is -0.140. The first kappa shape index (κ1) is 33.9. The predicted molar refractivity (Wildman–Crippen MR) is 183 cm³/mol. The maximum Gasteiger partial charge on any atom is 0.264 e. The van der Waals surface area contributed by atoms with E-state index >= 15 is 0 Å². The van der Waals surface area contributed by atoms with Crippen molar-refractivity contribution in [1.29, 1.82) is 0 Å². The molecule has 0 heterocycles. The number of carbonyl (C=O) groups excluding carboxylic acids is 2. The summed E-state index contributed by atoms with van der Waals surface area (Å²) in [5, 5.41) is 3.05. The van der Waals surface area contributed by atoms with E-state index in [9.17, 15) is 18.0 Å². The summed E-state index contributed by atoms with van der Waals surface area (Å²) in [5.74, 6) is -0.821. The average molecular weight is 691 g/mol. The van der Waals surface area contributed by atoms with Gasteiger partial charge in [-0.05, 0) is 76.1 Å². The van der Waals surface area contributed by atoms with E-state index in [2.05, 4.69) is 21.2 Å². The Balaban J connectivity index is 1.81. The first-order valence-corrected chi connectivity index (χ1v) is 17.0. The second-order valence-electron chi connectivity index (χ2n) is 12.3. The van der Waals surface area contributed by atoms with E-state index in [0.717, 1.165) is 26.6 Å². The Labute approximate surface area is 275 Å². The number of nitrogens with one attached hydrogen (secondary N) is 1. The Kier molecular flexibility index (Phi) is 10.9. The number of rotatable bonds is 11. The molecule has 9 heteroatoms. The van der Waals surface area contributed by atoms with Gasteiger partial charge in [-0.1, -0.05) is 99.9 Å². The molecule has 0 saturated heterocycles. The van der Waals surface area contributed by atoms with Crippen molar-refractivity contribution in [3.8, 4) is 0 Å². The molecule has 0 aliphatic heterocycles. The van der Waals surface area contributed by atoms with Crippen molar-refractivity contribution < 1.29 is 18.0 Å². The normalized spacial score (nSPS) is 12.3. The van der Waals surface area contributed by atoms with Gasteiger partial charge in [0.25, 0.3) is 10.0 Å². The second-order valence-corrected chi connectivity index (χ2v) is 15.0. The lowest BCUT2D eigenvalue weighted by Crippen LogP contribution is -2.56. The van der Waals surface area contributed by atoms with Crippen LogP contribution in [0.1, 0.15) is 43.0 Å². The fourth-order valence-corrected chi connectivity index (χ4v) is 6.69. The third-order valence-electron chi connectivity index (χ3n) is 7.23. The Bertz CT molecular complexity index is 1720.